The summed E-state index contributed by atoms with van der Waals surface area (Å²) in [5.74, 6) is 0.511. The van der Waals surface area contributed by atoms with Crippen LogP contribution in [0.3, 0.4) is 0 Å². The van der Waals surface area contributed by atoms with Crippen molar-refractivity contribution in [2.24, 2.45) is 0 Å². The summed E-state index contributed by atoms with van der Waals surface area (Å²) in [7, 11) is -3.63. The third-order valence-electron chi connectivity index (χ3n) is 5.81. The predicted molar refractivity (Wildman–Crippen MR) is 144 cm³/mol. The molecule has 37 heavy (non-hydrogen) atoms. The van der Waals surface area contributed by atoms with Crippen LogP contribution in [0.2, 0.25) is 5.02 Å². The zero-order chi connectivity index (χ0) is 27.2. The second kappa shape index (κ2) is 12.5. The summed E-state index contributed by atoms with van der Waals surface area (Å²) in [4.78, 5) is 27.6. The fourth-order valence-corrected chi connectivity index (χ4v) is 5.18. The van der Waals surface area contributed by atoms with Crippen molar-refractivity contribution in [2.45, 2.75) is 52.2 Å². The molecule has 0 aliphatic carbocycles. The molecule has 9 nitrogen and oxygen atoms in total. The van der Waals surface area contributed by atoms with E-state index >= 15 is 0 Å². The molecule has 2 amide bonds. The number of carbonyl (C=O) groups excluding carboxylic acids is 2. The molecule has 2 aromatic rings. The van der Waals surface area contributed by atoms with Crippen molar-refractivity contribution in [3.8, 4) is 11.5 Å². The Balaban J connectivity index is 1.74. The lowest BCUT2D eigenvalue weighted by Gasteiger charge is -2.30. The van der Waals surface area contributed by atoms with E-state index in [0.29, 0.717) is 35.4 Å². The lowest BCUT2D eigenvalue weighted by molar-refractivity contribution is -0.140. The fraction of sp³-hybridized carbons (Fsp3) is 0.462. The number of benzene rings is 2. The lowest BCUT2D eigenvalue weighted by atomic mass is 10.1. The second-order valence-electron chi connectivity index (χ2n) is 9.26. The Morgan fingerprint density at radius 3 is 2.41 bits per heavy atom. The number of nitrogens with zero attached hydrogens (tertiary/aromatic N) is 2. The minimum atomic E-state index is -3.63. The molecule has 11 heteroatoms. The number of anilines is 1. The van der Waals surface area contributed by atoms with Crippen molar-refractivity contribution in [3.63, 3.8) is 0 Å². The van der Waals surface area contributed by atoms with E-state index in [1.165, 1.54) is 9.21 Å². The minimum Gasteiger partial charge on any atom is -0.486 e. The number of hydrogen-bond acceptors (Lipinski definition) is 6. The Kier molecular flexibility index (Phi) is 9.67. The van der Waals surface area contributed by atoms with Gasteiger partial charge in [0, 0.05) is 36.6 Å². The van der Waals surface area contributed by atoms with Crippen molar-refractivity contribution < 1.29 is 27.5 Å². The number of nitrogens with one attached hydrogen (secondary N) is 1. The number of hydrogen-bond donors (Lipinski definition) is 1. The number of fused-ring (bicyclic) bond motifs is 1. The van der Waals surface area contributed by atoms with Gasteiger partial charge in [0.05, 0.1) is 11.9 Å². The Hall–Kier alpha value is -2.98. The number of amides is 2. The molecular formula is C26H34ClN3O6S. The van der Waals surface area contributed by atoms with Crippen LogP contribution in [0.1, 0.15) is 39.2 Å². The monoisotopic (exact) mass is 551 g/mol. The number of rotatable bonds is 11. The van der Waals surface area contributed by atoms with Crippen LogP contribution in [0.4, 0.5) is 5.69 Å². The van der Waals surface area contributed by atoms with Gasteiger partial charge in [0.2, 0.25) is 21.8 Å². The van der Waals surface area contributed by atoms with E-state index in [4.69, 9.17) is 21.1 Å². The number of carbonyl (C=O) groups is 2. The molecular weight excluding hydrogens is 518 g/mol. The van der Waals surface area contributed by atoms with E-state index in [1.807, 2.05) is 19.9 Å². The van der Waals surface area contributed by atoms with Crippen LogP contribution in [0, 0.1) is 0 Å². The van der Waals surface area contributed by atoms with Gasteiger partial charge in [-0.15, -0.1) is 0 Å². The third-order valence-corrected chi connectivity index (χ3v) is 7.24. The van der Waals surface area contributed by atoms with Gasteiger partial charge in [0.25, 0.3) is 0 Å². The van der Waals surface area contributed by atoms with Gasteiger partial charge in [-0.3, -0.25) is 13.9 Å². The Morgan fingerprint density at radius 1 is 1.05 bits per heavy atom. The topological polar surface area (TPSA) is 105 Å². The van der Waals surface area contributed by atoms with Gasteiger partial charge in [-0.05, 0) is 57.0 Å². The third kappa shape index (κ3) is 8.00. The van der Waals surface area contributed by atoms with E-state index in [0.717, 1.165) is 11.8 Å². The second-order valence-corrected chi connectivity index (χ2v) is 11.6. The molecule has 202 valence electrons. The summed E-state index contributed by atoms with van der Waals surface area (Å²) in [6.07, 6.45) is 1.43. The molecule has 1 atom stereocenters. The summed E-state index contributed by atoms with van der Waals surface area (Å²) in [5.41, 5.74) is 1.22. The molecule has 3 rings (SSSR count). The van der Waals surface area contributed by atoms with Crippen LogP contribution in [0.25, 0.3) is 0 Å². The van der Waals surface area contributed by atoms with Gasteiger partial charge in [0.15, 0.2) is 11.5 Å². The molecule has 0 aromatic heterocycles. The van der Waals surface area contributed by atoms with Gasteiger partial charge in [0.1, 0.15) is 19.3 Å². The molecule has 1 heterocycles. The number of halogens is 1. The normalized spacial score (nSPS) is 13.7. The fourth-order valence-electron chi connectivity index (χ4n) is 4.01. The predicted octanol–water partition coefficient (Wildman–Crippen LogP) is 3.60. The Labute approximate surface area is 223 Å². The highest BCUT2D eigenvalue weighted by Crippen LogP contribution is 2.34. The molecule has 0 spiro atoms. The van der Waals surface area contributed by atoms with Gasteiger partial charge in [-0.2, -0.15) is 0 Å². The summed E-state index contributed by atoms with van der Waals surface area (Å²) in [5, 5.41) is 3.38. The maximum Gasteiger partial charge on any atom is 0.242 e. The van der Waals surface area contributed by atoms with Crippen molar-refractivity contribution >= 4 is 39.1 Å². The van der Waals surface area contributed by atoms with E-state index in [9.17, 15) is 18.0 Å². The zero-order valence-corrected chi connectivity index (χ0v) is 23.1. The van der Waals surface area contributed by atoms with Crippen LogP contribution in [-0.2, 0) is 26.2 Å². The molecule has 1 aliphatic heterocycles. The van der Waals surface area contributed by atoms with Gasteiger partial charge in [-0.25, -0.2) is 8.42 Å². The van der Waals surface area contributed by atoms with E-state index < -0.39 is 16.1 Å². The first-order chi connectivity index (χ1) is 17.5. The first kappa shape index (κ1) is 28.6. The SMILES string of the molecule is CC(C)NC(=O)C(C)N(Cc1cccc(Cl)c1)C(=O)CCCN(c1ccc2c(c1)OCCO2)S(C)(=O)=O. The van der Waals surface area contributed by atoms with Crippen molar-refractivity contribution in [1.82, 2.24) is 10.2 Å². The zero-order valence-electron chi connectivity index (χ0n) is 21.6. The smallest absolute Gasteiger partial charge is 0.242 e. The van der Waals surface area contributed by atoms with Gasteiger partial charge < -0.3 is 19.7 Å². The molecule has 1 unspecified atom stereocenters. The van der Waals surface area contributed by atoms with Crippen LogP contribution in [0.5, 0.6) is 11.5 Å². The molecule has 0 saturated heterocycles. The first-order valence-electron chi connectivity index (χ1n) is 12.2. The van der Waals surface area contributed by atoms with Crippen LogP contribution >= 0.6 is 11.6 Å². The highest BCUT2D eigenvalue weighted by Gasteiger charge is 2.27. The maximum absolute atomic E-state index is 13.3. The van der Waals surface area contributed by atoms with Crippen LogP contribution in [-0.4, -0.2) is 63.2 Å². The number of sulfonamides is 1. The molecule has 0 saturated carbocycles. The van der Waals surface area contributed by atoms with Gasteiger partial charge in [-0.1, -0.05) is 23.7 Å². The standard InChI is InChI=1S/C26H34ClN3O6S/c1-18(2)28-26(32)19(3)29(17-20-7-5-8-21(27)15-20)25(31)9-6-12-30(37(4,33)34)22-10-11-23-24(16-22)36-14-13-35-23/h5,7-8,10-11,15-16,18-19H,6,9,12-14,17H2,1-4H3,(H,28,32). The molecule has 1 aliphatic rings. The minimum absolute atomic E-state index is 0.0520. The van der Waals surface area contributed by atoms with Crippen molar-refractivity contribution in [3.05, 3.63) is 53.1 Å². The quantitative estimate of drug-likeness (QED) is 0.457. The molecule has 0 fully saturated rings. The summed E-state index contributed by atoms with van der Waals surface area (Å²) in [6.45, 7) is 6.49. The summed E-state index contributed by atoms with van der Waals surface area (Å²) in [6, 6.07) is 11.3. The first-order valence-corrected chi connectivity index (χ1v) is 14.4. The molecule has 1 N–H and O–H groups in total. The van der Waals surface area contributed by atoms with Crippen LogP contribution < -0.4 is 19.1 Å². The van der Waals surface area contributed by atoms with Crippen molar-refractivity contribution in [2.75, 3.05) is 30.3 Å². The maximum atomic E-state index is 13.3. The Bertz CT molecular complexity index is 1220. The van der Waals surface area contributed by atoms with Crippen molar-refractivity contribution in [1.29, 1.82) is 0 Å². The molecule has 0 radical (unpaired) electrons. The lowest BCUT2D eigenvalue weighted by Crippen LogP contribution is -2.49. The summed E-state index contributed by atoms with van der Waals surface area (Å²) < 4.78 is 37.5. The molecule has 2 aromatic carbocycles. The largest absolute Gasteiger partial charge is 0.486 e. The number of ether oxygens (including phenoxy) is 2. The van der Waals surface area contributed by atoms with E-state index in [2.05, 4.69) is 5.32 Å². The highest BCUT2D eigenvalue weighted by molar-refractivity contribution is 7.92. The average molecular weight is 552 g/mol. The van der Waals surface area contributed by atoms with E-state index in [1.54, 1.807) is 43.3 Å². The Morgan fingerprint density at radius 2 is 1.76 bits per heavy atom. The average Bonchev–Trinajstić information content (AvgIpc) is 2.83. The summed E-state index contributed by atoms with van der Waals surface area (Å²) >= 11 is 6.12. The molecule has 0 bridgehead atoms. The van der Waals surface area contributed by atoms with Gasteiger partial charge >= 0.3 is 0 Å². The van der Waals surface area contributed by atoms with Crippen LogP contribution in [0.15, 0.2) is 42.5 Å². The van der Waals surface area contributed by atoms with E-state index in [-0.39, 0.29) is 43.8 Å². The highest BCUT2D eigenvalue weighted by atomic mass is 35.5.